The van der Waals surface area contributed by atoms with Crippen molar-refractivity contribution >= 4 is 0 Å². The van der Waals surface area contributed by atoms with Gasteiger partial charge in [-0.15, -0.1) is 0 Å². The van der Waals surface area contributed by atoms with E-state index in [4.69, 9.17) is 0 Å². The lowest BCUT2D eigenvalue weighted by Crippen LogP contribution is -1.99. The predicted molar refractivity (Wildman–Crippen MR) is 75.4 cm³/mol. The zero-order chi connectivity index (χ0) is 12.9. The van der Waals surface area contributed by atoms with Crippen LogP contribution in [0.25, 0.3) is 0 Å². The minimum atomic E-state index is 0.712. The fourth-order valence-electron chi connectivity index (χ4n) is 0.985. The number of allylic oxidation sites excluding steroid dienone is 1. The Balaban J connectivity index is -0.000000318. The molecule has 0 N–H and O–H groups in total. The third-order valence-electron chi connectivity index (χ3n) is 2.63. The largest absolute Gasteiger partial charge is 0.0999 e. The Hall–Kier alpha value is -0.260. The second kappa shape index (κ2) is 16.2. The van der Waals surface area contributed by atoms with Crippen molar-refractivity contribution in [1.82, 2.24) is 0 Å². The summed E-state index contributed by atoms with van der Waals surface area (Å²) < 4.78 is 0. The van der Waals surface area contributed by atoms with Gasteiger partial charge in [-0.2, -0.15) is 0 Å². The molecule has 0 spiro atoms. The van der Waals surface area contributed by atoms with Gasteiger partial charge in [-0.25, -0.2) is 0 Å². The van der Waals surface area contributed by atoms with Crippen LogP contribution in [0.5, 0.6) is 0 Å². The maximum atomic E-state index is 3.96. The first-order valence-corrected chi connectivity index (χ1v) is 6.73. The van der Waals surface area contributed by atoms with Crippen LogP contribution >= 0.6 is 0 Å². The maximum absolute atomic E-state index is 3.96. The SMILES string of the molecule is C=C(C)[C@H](C)CC[C@H](C)CC.CC.CC. The molecule has 94 valence electrons. The predicted octanol–water partition coefficient (Wildman–Crippen LogP) is 6.08. The van der Waals surface area contributed by atoms with Gasteiger partial charge in [0.05, 0.1) is 0 Å². The monoisotopic (exact) mass is 214 g/mol. The van der Waals surface area contributed by atoms with E-state index in [0.29, 0.717) is 5.92 Å². The highest BCUT2D eigenvalue weighted by atomic mass is 14.1. The van der Waals surface area contributed by atoms with Gasteiger partial charge in [-0.1, -0.05) is 73.5 Å². The Labute approximate surface area is 99.2 Å². The summed E-state index contributed by atoms with van der Waals surface area (Å²) in [4.78, 5) is 0. The van der Waals surface area contributed by atoms with E-state index in [1.807, 2.05) is 27.7 Å². The summed E-state index contributed by atoms with van der Waals surface area (Å²) in [5.41, 5.74) is 1.33. The molecule has 0 radical (unpaired) electrons. The Kier molecular flexibility index (Phi) is 21.8. The van der Waals surface area contributed by atoms with Crippen molar-refractivity contribution in [2.24, 2.45) is 11.8 Å². The van der Waals surface area contributed by atoms with Crippen molar-refractivity contribution in [2.45, 2.75) is 74.7 Å². The van der Waals surface area contributed by atoms with Crippen molar-refractivity contribution in [3.63, 3.8) is 0 Å². The van der Waals surface area contributed by atoms with E-state index in [-0.39, 0.29) is 0 Å². The van der Waals surface area contributed by atoms with Crippen LogP contribution in [0.4, 0.5) is 0 Å². The Morgan fingerprint density at radius 1 is 1.00 bits per heavy atom. The molecule has 0 heteroatoms. The van der Waals surface area contributed by atoms with Gasteiger partial charge < -0.3 is 0 Å². The van der Waals surface area contributed by atoms with Gasteiger partial charge in [-0.05, 0) is 25.2 Å². The van der Waals surface area contributed by atoms with Gasteiger partial charge in [0.15, 0.2) is 0 Å². The van der Waals surface area contributed by atoms with Gasteiger partial charge in [0.25, 0.3) is 0 Å². The molecule has 0 aliphatic heterocycles. The van der Waals surface area contributed by atoms with Gasteiger partial charge >= 0.3 is 0 Å². The number of rotatable bonds is 5. The maximum Gasteiger partial charge on any atom is -0.0237 e. The number of hydrogen-bond acceptors (Lipinski definition) is 0. The van der Waals surface area contributed by atoms with Crippen molar-refractivity contribution in [3.05, 3.63) is 12.2 Å². The fraction of sp³-hybridized carbons (Fsp3) is 0.867. The zero-order valence-electron chi connectivity index (χ0n) is 12.5. The Morgan fingerprint density at radius 2 is 1.40 bits per heavy atom. The molecule has 0 rings (SSSR count). The van der Waals surface area contributed by atoms with E-state index in [1.54, 1.807) is 0 Å². The lowest BCUT2D eigenvalue weighted by Gasteiger charge is -2.13. The molecule has 0 aliphatic carbocycles. The molecule has 0 amide bonds. The summed E-state index contributed by atoms with van der Waals surface area (Å²) in [6.45, 7) is 20.9. The minimum absolute atomic E-state index is 0.712. The quantitative estimate of drug-likeness (QED) is 0.487. The van der Waals surface area contributed by atoms with Gasteiger partial charge in [0.1, 0.15) is 0 Å². The van der Waals surface area contributed by atoms with Crippen molar-refractivity contribution in [1.29, 1.82) is 0 Å². The smallest absolute Gasteiger partial charge is 0.0237 e. The minimum Gasteiger partial charge on any atom is -0.0999 e. The van der Waals surface area contributed by atoms with Crippen molar-refractivity contribution in [2.75, 3.05) is 0 Å². The van der Waals surface area contributed by atoms with Crippen LogP contribution in [0.15, 0.2) is 12.2 Å². The Morgan fingerprint density at radius 3 is 1.67 bits per heavy atom. The summed E-state index contributed by atoms with van der Waals surface area (Å²) in [7, 11) is 0. The summed E-state index contributed by atoms with van der Waals surface area (Å²) in [5.74, 6) is 1.60. The second-order valence-electron chi connectivity index (χ2n) is 3.84. The molecule has 0 aromatic rings. The van der Waals surface area contributed by atoms with E-state index in [9.17, 15) is 0 Å². The molecular formula is C15H34. The third-order valence-corrected chi connectivity index (χ3v) is 2.63. The first-order valence-electron chi connectivity index (χ1n) is 6.73. The van der Waals surface area contributed by atoms with Crippen LogP contribution in [0.2, 0.25) is 0 Å². The van der Waals surface area contributed by atoms with Crippen LogP contribution < -0.4 is 0 Å². The van der Waals surface area contributed by atoms with E-state index >= 15 is 0 Å². The lowest BCUT2D eigenvalue weighted by molar-refractivity contribution is 0.451. The fourth-order valence-corrected chi connectivity index (χ4v) is 0.985. The van der Waals surface area contributed by atoms with Gasteiger partial charge in [0, 0.05) is 0 Å². The topological polar surface area (TPSA) is 0 Å². The molecule has 0 aliphatic rings. The van der Waals surface area contributed by atoms with Crippen molar-refractivity contribution < 1.29 is 0 Å². The summed E-state index contributed by atoms with van der Waals surface area (Å²) in [6.07, 6.45) is 3.97. The molecule has 0 fully saturated rings. The zero-order valence-corrected chi connectivity index (χ0v) is 12.5. The summed E-state index contributed by atoms with van der Waals surface area (Å²) >= 11 is 0. The molecular weight excluding hydrogens is 180 g/mol. The molecule has 0 aromatic heterocycles. The van der Waals surface area contributed by atoms with E-state index in [0.717, 1.165) is 5.92 Å². The lowest BCUT2D eigenvalue weighted by atomic mass is 9.93. The van der Waals surface area contributed by atoms with Crippen LogP contribution in [-0.2, 0) is 0 Å². The molecule has 2 atom stereocenters. The van der Waals surface area contributed by atoms with E-state index in [1.165, 1.54) is 24.8 Å². The normalized spacial score (nSPS) is 12.5. The van der Waals surface area contributed by atoms with E-state index in [2.05, 4.69) is 34.3 Å². The average molecular weight is 214 g/mol. The van der Waals surface area contributed by atoms with Crippen LogP contribution in [0.3, 0.4) is 0 Å². The molecule has 0 nitrogen and oxygen atoms in total. The standard InChI is InChI=1S/C11H22.2C2H6/c1-6-10(4)7-8-11(5)9(2)3;2*1-2/h10-11H,2,6-8H2,1,3-5H3;2*1-2H3/t10-,11-;;/m1../s1. The first kappa shape index (κ1) is 20.2. The van der Waals surface area contributed by atoms with Gasteiger partial charge in [0.2, 0.25) is 0 Å². The van der Waals surface area contributed by atoms with Crippen LogP contribution in [0.1, 0.15) is 74.7 Å². The Bertz CT molecular complexity index is 113. The second-order valence-corrected chi connectivity index (χ2v) is 3.84. The highest BCUT2D eigenvalue weighted by molar-refractivity contribution is 4.93. The van der Waals surface area contributed by atoms with E-state index < -0.39 is 0 Å². The van der Waals surface area contributed by atoms with Gasteiger partial charge in [-0.3, -0.25) is 0 Å². The van der Waals surface area contributed by atoms with Crippen LogP contribution in [-0.4, -0.2) is 0 Å². The summed E-state index contributed by atoms with van der Waals surface area (Å²) in [5, 5.41) is 0. The highest BCUT2D eigenvalue weighted by Crippen LogP contribution is 2.18. The van der Waals surface area contributed by atoms with Crippen molar-refractivity contribution in [3.8, 4) is 0 Å². The number of hydrogen-bond donors (Lipinski definition) is 0. The molecule has 0 aromatic carbocycles. The van der Waals surface area contributed by atoms with Crippen LogP contribution in [0, 0.1) is 11.8 Å². The average Bonchev–Trinajstić information content (AvgIpc) is 2.30. The molecule has 0 heterocycles. The molecule has 0 unspecified atom stereocenters. The molecule has 15 heavy (non-hydrogen) atoms. The highest BCUT2D eigenvalue weighted by Gasteiger charge is 2.04. The first-order chi connectivity index (χ1) is 7.07. The third kappa shape index (κ3) is 16.4. The summed E-state index contributed by atoms with van der Waals surface area (Å²) in [6, 6.07) is 0. The molecule has 0 saturated heterocycles. The molecule has 0 bridgehead atoms. The molecule has 0 saturated carbocycles.